The molecule has 0 fully saturated rings. The second-order valence-electron chi connectivity index (χ2n) is 5.53. The number of ether oxygens (including phenoxy) is 2. The second kappa shape index (κ2) is 6.26. The number of halogens is 1. The molecular formula is C20H14BrNO3. The molecule has 25 heavy (non-hydrogen) atoms. The first kappa shape index (κ1) is 15.7. The number of carbonyl (C=O) groups excluding carboxylic acids is 1. The number of benzene rings is 3. The van der Waals surface area contributed by atoms with Crippen molar-refractivity contribution in [1.82, 2.24) is 0 Å². The smallest absolute Gasteiger partial charge is 0.337 e. The van der Waals surface area contributed by atoms with Gasteiger partial charge in [-0.05, 0) is 58.4 Å². The molecule has 0 aromatic heterocycles. The highest BCUT2D eigenvalue weighted by molar-refractivity contribution is 9.10. The minimum Gasteiger partial charge on any atom is -0.465 e. The van der Waals surface area contributed by atoms with Crippen LogP contribution in [0.1, 0.15) is 10.4 Å². The maximum atomic E-state index is 12.0. The standard InChI is InChI=1S/C20H14BrNO3/c1-24-20(23)13-10-11-14(21)17(12-13)22-15-6-2-4-8-18(15)25-19-9-5-3-7-16(19)22/h2-12H,1H3. The first-order valence-corrected chi connectivity index (χ1v) is 8.52. The average Bonchev–Trinajstić information content (AvgIpc) is 2.66. The fourth-order valence-electron chi connectivity index (χ4n) is 2.89. The van der Waals surface area contributed by atoms with Gasteiger partial charge in [-0.25, -0.2) is 4.79 Å². The maximum Gasteiger partial charge on any atom is 0.337 e. The van der Waals surface area contributed by atoms with E-state index in [9.17, 15) is 4.79 Å². The Morgan fingerprint density at radius 1 is 0.920 bits per heavy atom. The lowest BCUT2D eigenvalue weighted by Crippen LogP contribution is -2.16. The molecular weight excluding hydrogens is 382 g/mol. The number of para-hydroxylation sites is 4. The van der Waals surface area contributed by atoms with E-state index >= 15 is 0 Å². The summed E-state index contributed by atoms with van der Waals surface area (Å²) >= 11 is 3.61. The van der Waals surface area contributed by atoms with Gasteiger partial charge < -0.3 is 14.4 Å². The normalized spacial score (nSPS) is 12.0. The van der Waals surface area contributed by atoms with Crippen LogP contribution < -0.4 is 9.64 Å². The Bertz CT molecular complexity index is 925. The number of esters is 1. The SMILES string of the molecule is COC(=O)c1ccc(Br)c(N2c3ccccc3Oc3ccccc32)c1. The van der Waals surface area contributed by atoms with E-state index in [0.717, 1.165) is 33.0 Å². The van der Waals surface area contributed by atoms with Gasteiger partial charge in [-0.1, -0.05) is 24.3 Å². The van der Waals surface area contributed by atoms with Crippen molar-refractivity contribution < 1.29 is 14.3 Å². The summed E-state index contributed by atoms with van der Waals surface area (Å²) in [6.07, 6.45) is 0. The van der Waals surface area contributed by atoms with Gasteiger partial charge in [-0.3, -0.25) is 0 Å². The molecule has 1 aliphatic rings. The van der Waals surface area contributed by atoms with Crippen molar-refractivity contribution in [3.8, 4) is 11.5 Å². The number of rotatable bonds is 2. The first-order chi connectivity index (χ1) is 12.2. The number of anilines is 3. The summed E-state index contributed by atoms with van der Waals surface area (Å²) in [5.41, 5.74) is 3.14. The summed E-state index contributed by atoms with van der Waals surface area (Å²) in [5.74, 6) is 1.15. The molecule has 4 rings (SSSR count). The van der Waals surface area contributed by atoms with Crippen LogP contribution in [0.5, 0.6) is 11.5 Å². The van der Waals surface area contributed by atoms with Gasteiger partial charge in [0.25, 0.3) is 0 Å². The van der Waals surface area contributed by atoms with Crippen molar-refractivity contribution >= 4 is 39.0 Å². The maximum absolute atomic E-state index is 12.0. The predicted octanol–water partition coefficient (Wildman–Crippen LogP) is 5.81. The molecule has 1 aliphatic heterocycles. The van der Waals surface area contributed by atoms with Gasteiger partial charge in [-0.2, -0.15) is 0 Å². The summed E-state index contributed by atoms with van der Waals surface area (Å²) in [7, 11) is 1.38. The van der Waals surface area contributed by atoms with E-state index in [4.69, 9.17) is 9.47 Å². The molecule has 0 bridgehead atoms. The molecule has 0 radical (unpaired) electrons. The third-order valence-corrected chi connectivity index (χ3v) is 4.71. The molecule has 0 N–H and O–H groups in total. The second-order valence-corrected chi connectivity index (χ2v) is 6.39. The quantitative estimate of drug-likeness (QED) is 0.401. The molecule has 3 aromatic carbocycles. The van der Waals surface area contributed by atoms with Gasteiger partial charge in [0.2, 0.25) is 0 Å². The van der Waals surface area contributed by atoms with Crippen LogP contribution in [0.25, 0.3) is 0 Å². The molecule has 1 heterocycles. The van der Waals surface area contributed by atoms with Gasteiger partial charge in [0.15, 0.2) is 11.5 Å². The number of hydrogen-bond acceptors (Lipinski definition) is 4. The van der Waals surface area contributed by atoms with Crippen LogP contribution in [0.3, 0.4) is 0 Å². The number of nitrogens with zero attached hydrogens (tertiary/aromatic N) is 1. The molecule has 5 heteroatoms. The Kier molecular flexibility index (Phi) is 3.93. The monoisotopic (exact) mass is 395 g/mol. The number of methoxy groups -OCH3 is 1. The minimum absolute atomic E-state index is 0.372. The zero-order valence-electron chi connectivity index (χ0n) is 13.4. The van der Waals surface area contributed by atoms with E-state index in [-0.39, 0.29) is 5.97 Å². The summed E-state index contributed by atoms with van der Waals surface area (Å²) in [6.45, 7) is 0. The first-order valence-electron chi connectivity index (χ1n) is 7.73. The van der Waals surface area contributed by atoms with Crippen molar-refractivity contribution in [2.75, 3.05) is 12.0 Å². The summed E-state index contributed by atoms with van der Waals surface area (Å²) < 4.78 is 11.7. The molecule has 0 atom stereocenters. The van der Waals surface area contributed by atoms with Crippen LogP contribution in [-0.4, -0.2) is 13.1 Å². The zero-order chi connectivity index (χ0) is 17.4. The van der Waals surface area contributed by atoms with Crippen LogP contribution >= 0.6 is 15.9 Å². The molecule has 4 nitrogen and oxygen atoms in total. The molecule has 0 saturated carbocycles. The molecule has 0 unspecified atom stereocenters. The van der Waals surface area contributed by atoms with Crippen LogP contribution in [0.15, 0.2) is 71.2 Å². The van der Waals surface area contributed by atoms with Gasteiger partial charge >= 0.3 is 5.97 Å². The Hall–Kier alpha value is -2.79. The lowest BCUT2D eigenvalue weighted by Gasteiger charge is -2.33. The van der Waals surface area contributed by atoms with Crippen molar-refractivity contribution in [2.45, 2.75) is 0 Å². The van der Waals surface area contributed by atoms with E-state index in [1.165, 1.54) is 7.11 Å². The Balaban J connectivity index is 1.95. The number of carbonyl (C=O) groups is 1. The largest absolute Gasteiger partial charge is 0.465 e. The highest BCUT2D eigenvalue weighted by atomic mass is 79.9. The van der Waals surface area contributed by atoms with E-state index in [0.29, 0.717) is 5.56 Å². The molecule has 0 spiro atoms. The van der Waals surface area contributed by atoms with E-state index in [1.54, 1.807) is 6.07 Å². The molecule has 0 amide bonds. The Morgan fingerprint density at radius 2 is 1.52 bits per heavy atom. The predicted molar refractivity (Wildman–Crippen MR) is 100 cm³/mol. The summed E-state index contributed by atoms with van der Waals surface area (Å²) in [6, 6.07) is 21.0. The summed E-state index contributed by atoms with van der Waals surface area (Å²) in [5, 5.41) is 0. The molecule has 3 aromatic rings. The van der Waals surface area contributed by atoms with E-state index in [1.807, 2.05) is 60.7 Å². The van der Waals surface area contributed by atoms with Gasteiger partial charge in [0.1, 0.15) is 0 Å². The van der Waals surface area contributed by atoms with E-state index < -0.39 is 0 Å². The Labute approximate surface area is 153 Å². The lowest BCUT2D eigenvalue weighted by molar-refractivity contribution is 0.0601. The van der Waals surface area contributed by atoms with Crippen LogP contribution in [-0.2, 0) is 4.74 Å². The fourth-order valence-corrected chi connectivity index (χ4v) is 3.32. The van der Waals surface area contributed by atoms with E-state index in [2.05, 4.69) is 20.8 Å². The summed E-state index contributed by atoms with van der Waals surface area (Å²) in [4.78, 5) is 14.0. The highest BCUT2D eigenvalue weighted by Gasteiger charge is 2.27. The van der Waals surface area contributed by atoms with Crippen LogP contribution in [0, 0.1) is 0 Å². The third kappa shape index (κ3) is 2.66. The van der Waals surface area contributed by atoms with Crippen molar-refractivity contribution in [2.24, 2.45) is 0 Å². The molecule has 0 saturated heterocycles. The van der Waals surface area contributed by atoms with Crippen molar-refractivity contribution in [3.05, 3.63) is 76.8 Å². The fraction of sp³-hybridized carbons (Fsp3) is 0.0500. The lowest BCUT2D eigenvalue weighted by atomic mass is 10.1. The van der Waals surface area contributed by atoms with Gasteiger partial charge in [0.05, 0.1) is 29.7 Å². The number of hydrogen-bond donors (Lipinski definition) is 0. The molecule has 124 valence electrons. The Morgan fingerprint density at radius 3 is 2.12 bits per heavy atom. The van der Waals surface area contributed by atoms with Crippen molar-refractivity contribution in [3.63, 3.8) is 0 Å². The van der Waals surface area contributed by atoms with Gasteiger partial charge in [-0.15, -0.1) is 0 Å². The van der Waals surface area contributed by atoms with Crippen molar-refractivity contribution in [1.29, 1.82) is 0 Å². The highest BCUT2D eigenvalue weighted by Crippen LogP contribution is 2.51. The molecule has 0 aliphatic carbocycles. The zero-order valence-corrected chi connectivity index (χ0v) is 15.0. The van der Waals surface area contributed by atoms with Gasteiger partial charge in [0, 0.05) is 4.47 Å². The third-order valence-electron chi connectivity index (χ3n) is 4.04. The van der Waals surface area contributed by atoms with Crippen LogP contribution in [0.2, 0.25) is 0 Å². The average molecular weight is 396 g/mol. The minimum atomic E-state index is -0.372. The number of fused-ring (bicyclic) bond motifs is 2. The topological polar surface area (TPSA) is 38.8 Å². The van der Waals surface area contributed by atoms with Crippen LogP contribution in [0.4, 0.5) is 17.1 Å².